The topological polar surface area (TPSA) is 189 Å². The van der Waals surface area contributed by atoms with Gasteiger partial charge in [0.15, 0.2) is 28.8 Å². The van der Waals surface area contributed by atoms with Crippen LogP contribution in [0, 0.1) is 0 Å². The van der Waals surface area contributed by atoms with Gasteiger partial charge in [0.25, 0.3) is 5.56 Å². The minimum Gasteiger partial charge on any atom is -0.507 e. The highest BCUT2D eigenvalue weighted by Crippen LogP contribution is 2.47. The van der Waals surface area contributed by atoms with Crippen LogP contribution in [0.2, 0.25) is 0 Å². The molecule has 0 aliphatic carbocycles. The molecule has 3 aromatic carbocycles. The van der Waals surface area contributed by atoms with Gasteiger partial charge >= 0.3 is 5.97 Å². The number of carbonyl (C=O) groups is 1. The molecule has 0 spiro atoms. The van der Waals surface area contributed by atoms with Crippen LogP contribution in [-0.4, -0.2) is 38.2 Å². The summed E-state index contributed by atoms with van der Waals surface area (Å²) in [6.45, 7) is 0.0348. The Balaban J connectivity index is 1.52. The molecular formula is C28H17NO11. The molecule has 5 aromatic rings. The third kappa shape index (κ3) is 3.35. The summed E-state index contributed by atoms with van der Waals surface area (Å²) < 4.78 is 22.1. The summed E-state index contributed by atoms with van der Waals surface area (Å²) in [6, 6.07) is 9.45. The fourth-order valence-electron chi connectivity index (χ4n) is 5.18. The Hall–Kier alpha value is -5.65. The Morgan fingerprint density at radius 2 is 1.60 bits per heavy atom. The van der Waals surface area contributed by atoms with Crippen LogP contribution in [-0.2, 0) is 4.79 Å². The van der Waals surface area contributed by atoms with Gasteiger partial charge in [0.2, 0.25) is 18.0 Å². The van der Waals surface area contributed by atoms with E-state index >= 15 is 0 Å². The lowest BCUT2D eigenvalue weighted by Crippen LogP contribution is -2.26. The van der Waals surface area contributed by atoms with Crippen molar-refractivity contribution < 1.29 is 43.8 Å². The van der Waals surface area contributed by atoms with Gasteiger partial charge in [-0.05, 0) is 30.3 Å². The quantitative estimate of drug-likeness (QED) is 0.125. The van der Waals surface area contributed by atoms with Crippen LogP contribution in [0.15, 0.2) is 56.5 Å². The van der Waals surface area contributed by atoms with Crippen LogP contribution in [0.4, 0.5) is 0 Å². The van der Waals surface area contributed by atoms with E-state index in [9.17, 15) is 34.8 Å². The molecule has 12 heteroatoms. The molecule has 2 aliphatic rings. The molecule has 1 atom stereocenters. The number of hydrogen-bond donors (Lipinski definition) is 5. The van der Waals surface area contributed by atoms with Crippen LogP contribution >= 0.6 is 0 Å². The third-order valence-corrected chi connectivity index (χ3v) is 7.04. The Morgan fingerprint density at radius 3 is 2.38 bits per heavy atom. The number of carbonyl (C=O) groups excluding carboxylic acids is 1. The van der Waals surface area contributed by atoms with Crippen LogP contribution in [0.5, 0.6) is 40.2 Å². The monoisotopic (exact) mass is 543 g/mol. The lowest BCUT2D eigenvalue weighted by molar-refractivity contribution is -0.135. The number of nitrogens with one attached hydrogen (secondary N) is 1. The van der Waals surface area contributed by atoms with E-state index in [-0.39, 0.29) is 47.0 Å². The average Bonchev–Trinajstić information content (AvgIpc) is 3.37. The molecule has 2 aliphatic heterocycles. The molecule has 0 bridgehead atoms. The minimum absolute atomic E-state index is 0.0348. The molecule has 4 heterocycles. The van der Waals surface area contributed by atoms with Crippen LogP contribution in [0.1, 0.15) is 23.5 Å². The number of rotatable bonds is 2. The smallest absolute Gasteiger partial charge is 0.312 e. The first kappa shape index (κ1) is 23.5. The van der Waals surface area contributed by atoms with E-state index in [1.807, 2.05) is 0 Å². The summed E-state index contributed by atoms with van der Waals surface area (Å²) in [5, 5.41) is 41.2. The highest BCUT2D eigenvalue weighted by molar-refractivity contribution is 5.94. The first-order chi connectivity index (χ1) is 19.2. The van der Waals surface area contributed by atoms with Gasteiger partial charge in [-0.1, -0.05) is 0 Å². The predicted molar refractivity (Wildman–Crippen MR) is 137 cm³/mol. The first-order valence-electron chi connectivity index (χ1n) is 11.9. The number of pyridine rings is 1. The first-order valence-corrected chi connectivity index (χ1v) is 11.9. The van der Waals surface area contributed by atoms with E-state index in [4.69, 9.17) is 18.6 Å². The molecule has 2 aromatic heterocycles. The largest absolute Gasteiger partial charge is 0.507 e. The van der Waals surface area contributed by atoms with E-state index in [2.05, 4.69) is 4.98 Å². The van der Waals surface area contributed by atoms with Gasteiger partial charge in [0, 0.05) is 40.1 Å². The van der Waals surface area contributed by atoms with E-state index in [1.165, 1.54) is 6.07 Å². The molecule has 12 nitrogen and oxygen atoms in total. The van der Waals surface area contributed by atoms with Gasteiger partial charge in [-0.2, -0.15) is 0 Å². The van der Waals surface area contributed by atoms with Crippen molar-refractivity contribution in [3.05, 3.63) is 74.2 Å². The zero-order valence-corrected chi connectivity index (χ0v) is 20.2. The second-order valence-corrected chi connectivity index (χ2v) is 9.40. The zero-order chi connectivity index (χ0) is 27.9. The van der Waals surface area contributed by atoms with Crippen molar-refractivity contribution in [2.75, 3.05) is 6.79 Å². The Morgan fingerprint density at radius 1 is 0.825 bits per heavy atom. The van der Waals surface area contributed by atoms with Crippen LogP contribution < -0.4 is 25.2 Å². The number of aromatic nitrogens is 1. The summed E-state index contributed by atoms with van der Waals surface area (Å²) in [6.07, 6.45) is -0.300. The van der Waals surface area contributed by atoms with Gasteiger partial charge in [0.1, 0.15) is 22.5 Å². The molecule has 0 amide bonds. The van der Waals surface area contributed by atoms with Crippen molar-refractivity contribution in [1.82, 2.24) is 4.98 Å². The fourth-order valence-corrected chi connectivity index (χ4v) is 5.18. The second kappa shape index (κ2) is 8.17. The summed E-state index contributed by atoms with van der Waals surface area (Å²) in [5.74, 6) is -3.69. The Labute approximate surface area is 221 Å². The number of aromatic hydroxyl groups is 4. The molecule has 0 saturated heterocycles. The second-order valence-electron chi connectivity index (χ2n) is 9.40. The van der Waals surface area contributed by atoms with Crippen molar-refractivity contribution in [1.29, 1.82) is 0 Å². The predicted octanol–water partition coefficient (Wildman–Crippen LogP) is 3.29. The molecule has 0 saturated carbocycles. The maximum atomic E-state index is 13.3. The summed E-state index contributed by atoms with van der Waals surface area (Å²) in [4.78, 5) is 42.0. The molecule has 0 radical (unpaired) electrons. The number of esters is 1. The number of fused-ring (bicyclic) bond motifs is 5. The fraction of sp³-hybridized carbons (Fsp3) is 0.107. The molecule has 5 N–H and O–H groups in total. The van der Waals surface area contributed by atoms with Crippen molar-refractivity contribution in [2.45, 2.75) is 12.3 Å². The van der Waals surface area contributed by atoms with E-state index in [0.29, 0.717) is 22.4 Å². The summed E-state index contributed by atoms with van der Waals surface area (Å²) in [7, 11) is 0. The molecule has 7 rings (SSSR count). The van der Waals surface area contributed by atoms with E-state index < -0.39 is 51.3 Å². The number of hydrogen-bond acceptors (Lipinski definition) is 11. The lowest BCUT2D eigenvalue weighted by Gasteiger charge is -2.25. The molecule has 0 unspecified atom stereocenters. The van der Waals surface area contributed by atoms with Gasteiger partial charge in [-0.3, -0.25) is 14.4 Å². The van der Waals surface area contributed by atoms with Crippen molar-refractivity contribution >= 4 is 27.8 Å². The molecule has 40 heavy (non-hydrogen) atoms. The van der Waals surface area contributed by atoms with Crippen molar-refractivity contribution in [2.24, 2.45) is 0 Å². The SMILES string of the molecule is O=C1C[C@H](c2cc3cc4c(cc3[nH]c2=O)OCO4)c2c(cc(O)c3c(=O)c(O)c(-c4ccc(O)c(O)c4)oc23)O1. The number of phenolic OH excluding ortho intramolecular Hbond substituents is 3. The Bertz CT molecular complexity index is 2060. The lowest BCUT2D eigenvalue weighted by atomic mass is 9.85. The van der Waals surface area contributed by atoms with E-state index in [1.54, 1.807) is 18.2 Å². The number of ether oxygens (including phenoxy) is 3. The summed E-state index contributed by atoms with van der Waals surface area (Å²) in [5.41, 5.74) is -0.980. The maximum Gasteiger partial charge on any atom is 0.312 e. The average molecular weight is 543 g/mol. The van der Waals surface area contributed by atoms with Gasteiger partial charge in [-0.15, -0.1) is 0 Å². The standard InChI is InChI=1S/C28H17NO11/c30-15-2-1-10(4-16(15)31)26-25(35)24(34)23-17(32)8-20-22(27(23)40-26)12(6-21(33)39-20)13-3-11-5-18-19(38-9-37-18)7-14(11)29-28(13)36/h1-5,7-8,12,30-32,35H,6,9H2,(H,29,36)/t12-/m1/s1. The van der Waals surface area contributed by atoms with Gasteiger partial charge in [0.05, 0.1) is 11.9 Å². The van der Waals surface area contributed by atoms with Crippen LogP contribution in [0.25, 0.3) is 33.2 Å². The van der Waals surface area contributed by atoms with Gasteiger partial charge in [-0.25, -0.2) is 0 Å². The zero-order valence-electron chi connectivity index (χ0n) is 20.2. The third-order valence-electron chi connectivity index (χ3n) is 7.04. The number of benzene rings is 3. The highest BCUT2D eigenvalue weighted by Gasteiger charge is 2.36. The highest BCUT2D eigenvalue weighted by atomic mass is 16.7. The van der Waals surface area contributed by atoms with E-state index in [0.717, 1.165) is 18.2 Å². The number of H-pyrrole nitrogens is 1. The van der Waals surface area contributed by atoms with Gasteiger partial charge < -0.3 is 44.0 Å². The summed E-state index contributed by atoms with van der Waals surface area (Å²) >= 11 is 0. The molecular weight excluding hydrogens is 526 g/mol. The number of phenols is 3. The molecule has 0 fully saturated rings. The number of aromatic amines is 1. The minimum atomic E-state index is -1.00. The maximum absolute atomic E-state index is 13.3. The normalized spacial score (nSPS) is 15.8. The van der Waals surface area contributed by atoms with Crippen molar-refractivity contribution in [3.8, 4) is 51.6 Å². The van der Waals surface area contributed by atoms with Crippen LogP contribution in [0.3, 0.4) is 0 Å². The van der Waals surface area contributed by atoms with Crippen molar-refractivity contribution in [3.63, 3.8) is 0 Å². The Kier molecular flexibility index (Phi) is 4.79. The molecule has 200 valence electrons.